The van der Waals surface area contributed by atoms with Crippen LogP contribution in [0, 0.1) is 6.92 Å². The van der Waals surface area contributed by atoms with Crippen molar-refractivity contribution in [3.05, 3.63) is 30.0 Å². The summed E-state index contributed by atoms with van der Waals surface area (Å²) in [5, 5.41) is 0.583. The molecule has 0 aliphatic rings. The summed E-state index contributed by atoms with van der Waals surface area (Å²) in [6.07, 6.45) is 1.50. The van der Waals surface area contributed by atoms with Gasteiger partial charge in [-0.2, -0.15) is 0 Å². The predicted octanol–water partition coefficient (Wildman–Crippen LogP) is 2.12. The molecule has 0 bridgehead atoms. The van der Waals surface area contributed by atoms with Crippen LogP contribution in [-0.4, -0.2) is 0 Å². The molecule has 0 aliphatic heterocycles. The molecule has 0 saturated carbocycles. The van der Waals surface area contributed by atoms with Crippen molar-refractivity contribution in [1.82, 2.24) is 0 Å². The van der Waals surface area contributed by atoms with Gasteiger partial charge in [0.25, 0.3) is 0 Å². The molecule has 1 aromatic heterocycles. The van der Waals surface area contributed by atoms with Crippen molar-refractivity contribution in [1.29, 1.82) is 0 Å². The first-order valence-electron chi connectivity index (χ1n) is 1.85. The fraction of sp³-hybridized carbons (Fsp3) is 0. The van der Waals surface area contributed by atoms with E-state index in [9.17, 15) is 0 Å². The number of furan rings is 1. The summed E-state index contributed by atoms with van der Waals surface area (Å²) in [7, 11) is 0. The summed E-state index contributed by atoms with van der Waals surface area (Å²) in [6.45, 7) is 3.48. The van der Waals surface area contributed by atoms with Crippen LogP contribution in [0.5, 0.6) is 0 Å². The molecule has 0 amide bonds. The van der Waals surface area contributed by atoms with E-state index in [-0.39, 0.29) is 0 Å². The summed E-state index contributed by atoms with van der Waals surface area (Å²) < 4.78 is 4.72. The topological polar surface area (TPSA) is 13.1 Å². The van der Waals surface area contributed by atoms with Crippen LogP contribution in [0.1, 0.15) is 5.76 Å². The van der Waals surface area contributed by atoms with Crippen LogP contribution in [0.15, 0.2) is 16.7 Å². The summed E-state index contributed by atoms with van der Waals surface area (Å²) in [4.78, 5) is 0. The van der Waals surface area contributed by atoms with Crippen LogP contribution < -0.4 is 0 Å². The van der Waals surface area contributed by atoms with Crippen LogP contribution in [0.3, 0.4) is 0 Å². The van der Waals surface area contributed by atoms with Gasteiger partial charge in [-0.15, -0.1) is 0 Å². The first-order valence-corrected chi connectivity index (χ1v) is 2.23. The van der Waals surface area contributed by atoms with Gasteiger partial charge in [0.05, 0.1) is 11.3 Å². The number of hydrogen-bond donors (Lipinski definition) is 0. The van der Waals surface area contributed by atoms with Crippen LogP contribution in [0.4, 0.5) is 0 Å². The first-order chi connectivity index (χ1) is 3.30. The van der Waals surface area contributed by atoms with Gasteiger partial charge in [0, 0.05) is 6.92 Å². The second kappa shape index (κ2) is 1.58. The standard InChI is InChI=1S/C5H4ClO/c1-4-5(6)2-3-7-4/h2-3H,1H2. The van der Waals surface area contributed by atoms with Gasteiger partial charge in [0.15, 0.2) is 0 Å². The van der Waals surface area contributed by atoms with Gasteiger partial charge in [0.1, 0.15) is 5.76 Å². The van der Waals surface area contributed by atoms with E-state index in [0.29, 0.717) is 10.8 Å². The fourth-order valence-corrected chi connectivity index (χ4v) is 0.421. The molecule has 0 atom stereocenters. The van der Waals surface area contributed by atoms with Crippen molar-refractivity contribution in [2.45, 2.75) is 0 Å². The van der Waals surface area contributed by atoms with Gasteiger partial charge in [-0.3, -0.25) is 0 Å². The van der Waals surface area contributed by atoms with Crippen LogP contribution in [0.25, 0.3) is 0 Å². The first kappa shape index (κ1) is 4.72. The number of halogens is 1. The van der Waals surface area contributed by atoms with E-state index >= 15 is 0 Å². The Labute approximate surface area is 46.9 Å². The predicted molar refractivity (Wildman–Crippen MR) is 28.2 cm³/mol. The molecule has 0 fully saturated rings. The molecule has 0 N–H and O–H groups in total. The van der Waals surface area contributed by atoms with Gasteiger partial charge in [-0.05, 0) is 6.07 Å². The largest absolute Gasteiger partial charge is 0.468 e. The quantitative estimate of drug-likeness (QED) is 0.505. The Morgan fingerprint density at radius 2 is 2.43 bits per heavy atom. The Morgan fingerprint density at radius 1 is 1.71 bits per heavy atom. The summed E-state index contributed by atoms with van der Waals surface area (Å²) in [5.41, 5.74) is 0. The fourth-order valence-electron chi connectivity index (χ4n) is 0.325. The maximum atomic E-state index is 5.47. The van der Waals surface area contributed by atoms with Crippen molar-refractivity contribution in [2.24, 2.45) is 0 Å². The minimum atomic E-state index is 0.529. The van der Waals surface area contributed by atoms with E-state index in [4.69, 9.17) is 16.0 Å². The third kappa shape index (κ3) is 0.775. The Hall–Kier alpha value is -0.430. The number of hydrogen-bond acceptors (Lipinski definition) is 1. The van der Waals surface area contributed by atoms with Gasteiger partial charge < -0.3 is 4.42 Å². The normalized spacial score (nSPS) is 9.43. The van der Waals surface area contributed by atoms with Gasteiger partial charge in [-0.1, -0.05) is 11.6 Å². The molecule has 1 radical (unpaired) electrons. The molecule has 1 nitrogen and oxygen atoms in total. The maximum Gasteiger partial charge on any atom is 0.122 e. The van der Waals surface area contributed by atoms with Gasteiger partial charge in [-0.25, -0.2) is 0 Å². The second-order valence-corrected chi connectivity index (χ2v) is 1.60. The lowest BCUT2D eigenvalue weighted by Crippen LogP contribution is -1.56. The zero-order valence-corrected chi connectivity index (χ0v) is 4.40. The molecule has 1 heterocycles. The van der Waals surface area contributed by atoms with Crippen LogP contribution in [-0.2, 0) is 0 Å². The molecular formula is C5H4ClO. The lowest BCUT2D eigenvalue weighted by Gasteiger charge is -1.76. The smallest absolute Gasteiger partial charge is 0.122 e. The van der Waals surface area contributed by atoms with Gasteiger partial charge >= 0.3 is 0 Å². The van der Waals surface area contributed by atoms with Crippen molar-refractivity contribution >= 4 is 11.6 Å². The molecule has 0 aliphatic carbocycles. The highest BCUT2D eigenvalue weighted by atomic mass is 35.5. The molecule has 2 heteroatoms. The zero-order valence-electron chi connectivity index (χ0n) is 3.65. The van der Waals surface area contributed by atoms with E-state index in [1.807, 2.05) is 0 Å². The van der Waals surface area contributed by atoms with E-state index in [2.05, 4.69) is 6.92 Å². The highest BCUT2D eigenvalue weighted by Crippen LogP contribution is 2.13. The summed E-state index contributed by atoms with van der Waals surface area (Å²) >= 11 is 5.47. The molecular weight excluding hydrogens is 112 g/mol. The lowest BCUT2D eigenvalue weighted by atomic mass is 10.5. The Balaban J connectivity index is 3.12. The average Bonchev–Trinajstić information content (AvgIpc) is 1.91. The Bertz CT molecular complexity index is 140. The van der Waals surface area contributed by atoms with Crippen molar-refractivity contribution in [2.75, 3.05) is 0 Å². The third-order valence-corrected chi connectivity index (χ3v) is 1.03. The lowest BCUT2D eigenvalue weighted by molar-refractivity contribution is 0.549. The van der Waals surface area contributed by atoms with Crippen LogP contribution >= 0.6 is 11.6 Å². The molecule has 1 rings (SSSR count). The van der Waals surface area contributed by atoms with E-state index in [0.717, 1.165) is 0 Å². The summed E-state index contributed by atoms with van der Waals surface area (Å²) in [5.74, 6) is 0.529. The molecule has 37 valence electrons. The minimum absolute atomic E-state index is 0.529. The van der Waals surface area contributed by atoms with Crippen molar-refractivity contribution in [3.63, 3.8) is 0 Å². The SMILES string of the molecule is [CH2]c1occc1Cl. The Kier molecular flexibility index (Phi) is 1.07. The molecule has 0 unspecified atom stereocenters. The van der Waals surface area contributed by atoms with E-state index in [1.54, 1.807) is 6.07 Å². The molecule has 0 spiro atoms. The third-order valence-electron chi connectivity index (χ3n) is 0.691. The average molecular weight is 116 g/mol. The Morgan fingerprint density at radius 3 is 2.57 bits per heavy atom. The molecule has 1 aromatic rings. The highest BCUT2D eigenvalue weighted by molar-refractivity contribution is 6.31. The van der Waals surface area contributed by atoms with Crippen molar-refractivity contribution < 1.29 is 4.42 Å². The van der Waals surface area contributed by atoms with Gasteiger partial charge in [0.2, 0.25) is 0 Å². The highest BCUT2D eigenvalue weighted by Gasteiger charge is 1.92. The maximum absolute atomic E-state index is 5.47. The molecule has 0 saturated heterocycles. The molecule has 0 aromatic carbocycles. The van der Waals surface area contributed by atoms with E-state index in [1.165, 1.54) is 6.26 Å². The second-order valence-electron chi connectivity index (χ2n) is 1.19. The molecule has 7 heavy (non-hydrogen) atoms. The van der Waals surface area contributed by atoms with Crippen LogP contribution in [0.2, 0.25) is 5.02 Å². The minimum Gasteiger partial charge on any atom is -0.468 e. The zero-order chi connectivity index (χ0) is 5.28. The monoisotopic (exact) mass is 115 g/mol. The van der Waals surface area contributed by atoms with Crippen molar-refractivity contribution in [3.8, 4) is 0 Å². The summed E-state index contributed by atoms with van der Waals surface area (Å²) in [6, 6.07) is 1.66. The van der Waals surface area contributed by atoms with E-state index < -0.39 is 0 Å². The number of rotatable bonds is 0.